The van der Waals surface area contributed by atoms with Crippen molar-refractivity contribution in [3.8, 4) is 0 Å². The normalized spacial score (nSPS) is 10.7. The number of carbonyl (C=O) groups is 2. The van der Waals surface area contributed by atoms with E-state index in [1.807, 2.05) is 0 Å². The molecule has 0 saturated heterocycles. The van der Waals surface area contributed by atoms with Crippen molar-refractivity contribution in [1.29, 1.82) is 0 Å². The molecule has 2 heterocycles. The molecule has 0 spiro atoms. The third-order valence-electron chi connectivity index (χ3n) is 3.09. The van der Waals surface area contributed by atoms with Crippen molar-refractivity contribution in [3.63, 3.8) is 0 Å². The predicted molar refractivity (Wildman–Crippen MR) is 74.2 cm³/mol. The molecule has 1 aromatic carbocycles. The summed E-state index contributed by atoms with van der Waals surface area (Å²) in [6.07, 6.45) is 3.15. The number of carboxylic acid groups (broad SMARTS) is 2. The number of fused-ring (bicyclic) bond motifs is 2. The fourth-order valence-corrected chi connectivity index (χ4v) is 2.08. The Kier molecular flexibility index (Phi) is 2.87. The topological polar surface area (TPSA) is 97.6 Å². The summed E-state index contributed by atoms with van der Waals surface area (Å²) in [5, 5.41) is 19.6. The quantitative estimate of drug-likeness (QED) is 0.660. The van der Waals surface area contributed by atoms with Crippen molar-refractivity contribution in [3.05, 3.63) is 49.1 Å². The van der Waals surface area contributed by atoms with Crippen LogP contribution < -0.4 is 0 Å². The third-order valence-corrected chi connectivity index (χ3v) is 3.09. The summed E-state index contributed by atoms with van der Waals surface area (Å²) in [7, 11) is 0. The van der Waals surface area contributed by atoms with E-state index in [2.05, 4.69) is 0 Å². The van der Waals surface area contributed by atoms with Crippen LogP contribution in [0.15, 0.2) is 53.5 Å². The molecule has 0 bridgehead atoms. The van der Waals surface area contributed by atoms with E-state index in [1.165, 1.54) is 24.9 Å². The van der Waals surface area contributed by atoms with Crippen LogP contribution in [0.2, 0.25) is 0 Å². The zero-order chi connectivity index (χ0) is 15.0. The fourth-order valence-electron chi connectivity index (χ4n) is 2.08. The number of hydrogen-bond acceptors (Lipinski definition) is 3. The van der Waals surface area contributed by atoms with Gasteiger partial charge in [0.05, 0.1) is 11.7 Å². The molecule has 2 aromatic heterocycles. The van der Waals surface area contributed by atoms with Gasteiger partial charge in [-0.15, -0.1) is 0 Å². The van der Waals surface area contributed by atoms with Crippen LogP contribution in [0.4, 0.5) is 9.59 Å². The standard InChI is InChI=1S/C14H10N2O5/c17-13(18)15-3-1-9-7-11-12(8-10(9)2-4-15)21-6-5-16(11)14(19)20/h1-8H,(H,17,18)(H,19,20). The van der Waals surface area contributed by atoms with Gasteiger partial charge in [0, 0.05) is 12.4 Å². The molecule has 0 radical (unpaired) electrons. The van der Waals surface area contributed by atoms with E-state index >= 15 is 0 Å². The van der Waals surface area contributed by atoms with Crippen LogP contribution in [0.25, 0.3) is 21.9 Å². The van der Waals surface area contributed by atoms with Crippen molar-refractivity contribution >= 4 is 34.1 Å². The van der Waals surface area contributed by atoms with Crippen molar-refractivity contribution in [2.45, 2.75) is 0 Å². The highest BCUT2D eigenvalue weighted by Gasteiger charge is 2.08. The predicted octanol–water partition coefficient (Wildman–Crippen LogP) is 3.37. The van der Waals surface area contributed by atoms with Crippen molar-refractivity contribution < 1.29 is 24.2 Å². The lowest BCUT2D eigenvalue weighted by atomic mass is 10.1. The molecule has 0 aliphatic carbocycles. The van der Waals surface area contributed by atoms with Gasteiger partial charge in [-0.2, -0.15) is 0 Å². The molecule has 3 aromatic rings. The summed E-state index contributed by atoms with van der Waals surface area (Å²) in [6.45, 7) is 0. The van der Waals surface area contributed by atoms with E-state index in [-0.39, 0.29) is 0 Å². The van der Waals surface area contributed by atoms with Gasteiger partial charge in [0.1, 0.15) is 6.26 Å². The van der Waals surface area contributed by atoms with Gasteiger partial charge in [-0.1, -0.05) is 0 Å². The Morgan fingerprint density at radius 3 is 2.24 bits per heavy atom. The van der Waals surface area contributed by atoms with Crippen LogP contribution in [-0.4, -0.2) is 31.5 Å². The molecule has 0 unspecified atom stereocenters. The lowest BCUT2D eigenvalue weighted by molar-refractivity contribution is 0.195. The van der Waals surface area contributed by atoms with Crippen LogP contribution in [0.3, 0.4) is 0 Å². The van der Waals surface area contributed by atoms with Gasteiger partial charge in [-0.05, 0) is 35.0 Å². The summed E-state index contributed by atoms with van der Waals surface area (Å²) in [6, 6.07) is 6.52. The van der Waals surface area contributed by atoms with Crippen LogP contribution in [-0.2, 0) is 0 Å². The molecule has 7 nitrogen and oxygen atoms in total. The molecule has 0 fully saturated rings. The fraction of sp³-hybridized carbons (Fsp3) is 0. The minimum atomic E-state index is -1.13. The summed E-state index contributed by atoms with van der Waals surface area (Å²) < 4.78 is 7.36. The minimum absolute atomic E-state index is 0.380. The first-order valence-electron chi connectivity index (χ1n) is 5.97. The third kappa shape index (κ3) is 2.20. The molecule has 0 aliphatic heterocycles. The first-order valence-corrected chi connectivity index (χ1v) is 5.97. The number of hydrogen-bond donors (Lipinski definition) is 2. The Morgan fingerprint density at radius 1 is 0.952 bits per heavy atom. The van der Waals surface area contributed by atoms with Gasteiger partial charge in [0.15, 0.2) is 5.58 Å². The smallest absolute Gasteiger partial charge is 0.416 e. The molecule has 3 rings (SSSR count). The van der Waals surface area contributed by atoms with Gasteiger partial charge < -0.3 is 14.6 Å². The average Bonchev–Trinajstić information content (AvgIpc) is 2.66. The first kappa shape index (κ1) is 12.8. The minimum Gasteiger partial charge on any atom is -0.464 e. The Morgan fingerprint density at radius 2 is 1.62 bits per heavy atom. The number of nitrogens with zero attached hydrogens (tertiary/aromatic N) is 2. The van der Waals surface area contributed by atoms with Crippen LogP contribution >= 0.6 is 0 Å². The van der Waals surface area contributed by atoms with E-state index in [1.54, 1.807) is 24.3 Å². The highest BCUT2D eigenvalue weighted by atomic mass is 16.4. The SMILES string of the molecule is O=C(O)n1ccc2cc3occn(C(=O)O)c3cc2cc1. The summed E-state index contributed by atoms with van der Waals surface area (Å²) in [5.41, 5.74) is 0.769. The maximum Gasteiger partial charge on any atom is 0.416 e. The molecule has 21 heavy (non-hydrogen) atoms. The average molecular weight is 286 g/mol. The zero-order valence-electron chi connectivity index (χ0n) is 10.6. The van der Waals surface area contributed by atoms with Gasteiger partial charge >= 0.3 is 12.2 Å². The number of benzene rings is 1. The van der Waals surface area contributed by atoms with E-state index in [9.17, 15) is 9.59 Å². The maximum absolute atomic E-state index is 11.2. The Labute approximate surface area is 117 Å². The lowest BCUT2D eigenvalue weighted by Gasteiger charge is -2.05. The number of rotatable bonds is 0. The monoisotopic (exact) mass is 286 g/mol. The highest BCUT2D eigenvalue weighted by Crippen LogP contribution is 2.22. The van der Waals surface area contributed by atoms with Crippen molar-refractivity contribution in [2.24, 2.45) is 0 Å². The van der Waals surface area contributed by atoms with E-state index in [4.69, 9.17) is 14.6 Å². The zero-order valence-corrected chi connectivity index (χ0v) is 10.6. The van der Waals surface area contributed by atoms with E-state index in [0.29, 0.717) is 16.5 Å². The van der Waals surface area contributed by atoms with Crippen LogP contribution in [0.5, 0.6) is 0 Å². The largest absolute Gasteiger partial charge is 0.464 e. The van der Waals surface area contributed by atoms with Gasteiger partial charge in [0.25, 0.3) is 0 Å². The van der Waals surface area contributed by atoms with Crippen molar-refractivity contribution in [1.82, 2.24) is 9.13 Å². The second kappa shape index (κ2) is 4.71. The molecular formula is C14H10N2O5. The molecule has 106 valence electrons. The summed E-state index contributed by atoms with van der Waals surface area (Å²) >= 11 is 0. The molecule has 2 N–H and O–H groups in total. The Balaban J connectivity index is 2.38. The lowest BCUT2D eigenvalue weighted by Crippen LogP contribution is -2.08. The summed E-state index contributed by atoms with van der Waals surface area (Å²) in [5.74, 6) is 0. The Hall–Kier alpha value is -3.22. The van der Waals surface area contributed by atoms with Crippen molar-refractivity contribution in [2.75, 3.05) is 0 Å². The van der Waals surface area contributed by atoms with Gasteiger partial charge in [0.2, 0.25) is 0 Å². The summed E-state index contributed by atoms with van der Waals surface area (Å²) in [4.78, 5) is 22.2. The molecule has 0 amide bonds. The maximum atomic E-state index is 11.2. The van der Waals surface area contributed by atoms with Gasteiger partial charge in [-0.3, -0.25) is 4.57 Å². The molecule has 0 aliphatic rings. The molecular weight excluding hydrogens is 276 g/mol. The molecule has 7 heteroatoms. The molecule has 0 atom stereocenters. The Bertz CT molecular complexity index is 914. The van der Waals surface area contributed by atoms with E-state index < -0.39 is 12.2 Å². The second-order valence-corrected chi connectivity index (χ2v) is 4.33. The highest BCUT2D eigenvalue weighted by molar-refractivity contribution is 5.96. The van der Waals surface area contributed by atoms with Crippen LogP contribution in [0, 0.1) is 0 Å². The van der Waals surface area contributed by atoms with Gasteiger partial charge in [-0.25, -0.2) is 14.2 Å². The first-order chi connectivity index (χ1) is 10.1. The molecule has 0 saturated carbocycles. The number of aromatic nitrogens is 2. The van der Waals surface area contributed by atoms with Crippen LogP contribution in [0.1, 0.15) is 0 Å². The van der Waals surface area contributed by atoms with E-state index in [0.717, 1.165) is 14.5 Å². The second-order valence-electron chi connectivity index (χ2n) is 4.33.